The minimum Gasteiger partial charge on any atom is -0.454 e. The monoisotopic (exact) mass is 832 g/mol. The van der Waals surface area contributed by atoms with Crippen LogP contribution in [0.5, 0.6) is 0 Å². The van der Waals surface area contributed by atoms with Gasteiger partial charge in [-0.2, -0.15) is 13.2 Å². The third kappa shape index (κ3) is 4.99. The van der Waals surface area contributed by atoms with Crippen molar-refractivity contribution in [2.24, 2.45) is 0 Å². The van der Waals surface area contributed by atoms with E-state index in [-0.39, 0.29) is 0 Å². The molecule has 0 radical (unpaired) electrons. The van der Waals surface area contributed by atoms with Gasteiger partial charge < -0.3 is 14.2 Å². The van der Waals surface area contributed by atoms with E-state index in [1.165, 1.54) is 23.3 Å². The van der Waals surface area contributed by atoms with Gasteiger partial charge in [0.2, 0.25) is 0 Å². The smallest absolute Gasteiger partial charge is 0.416 e. The van der Waals surface area contributed by atoms with E-state index in [0.717, 1.165) is 82.9 Å². The highest BCUT2D eigenvalue weighted by atomic mass is 19.4. The van der Waals surface area contributed by atoms with E-state index in [9.17, 15) is 13.2 Å². The van der Waals surface area contributed by atoms with Crippen LogP contribution < -0.4 is 9.80 Å². The quantitative estimate of drug-likeness (QED) is 0.176. The van der Waals surface area contributed by atoms with Crippen molar-refractivity contribution in [3.63, 3.8) is 0 Å². The van der Waals surface area contributed by atoms with Gasteiger partial charge in [0.1, 0.15) is 5.58 Å². The number of anilines is 6. The predicted molar refractivity (Wildman–Crippen MR) is 254 cm³/mol. The molecule has 1 aromatic heterocycles. The minimum absolute atomic E-state index is 0.570. The van der Waals surface area contributed by atoms with Crippen molar-refractivity contribution < 1.29 is 17.6 Å². The molecule has 10 aromatic carbocycles. The van der Waals surface area contributed by atoms with Crippen LogP contribution >= 0.6 is 0 Å². The van der Waals surface area contributed by atoms with E-state index in [1.54, 1.807) is 12.1 Å². The summed E-state index contributed by atoms with van der Waals surface area (Å²) in [4.78, 5) is 4.46. The Hall–Kier alpha value is -8.09. The van der Waals surface area contributed by atoms with E-state index in [2.05, 4.69) is 143 Å². The topological polar surface area (TPSA) is 19.6 Å². The summed E-state index contributed by atoms with van der Waals surface area (Å²) in [6.45, 7) is 0. The molecule has 0 bridgehead atoms. The zero-order valence-corrected chi connectivity index (χ0v) is 34.1. The number of benzene rings is 10. The number of fused-ring (bicyclic) bond motifs is 16. The Kier molecular flexibility index (Phi) is 7.68. The lowest BCUT2D eigenvalue weighted by atomic mass is 9.64. The van der Waals surface area contributed by atoms with Gasteiger partial charge in [-0.3, -0.25) is 0 Å². The van der Waals surface area contributed by atoms with Crippen LogP contribution in [0.1, 0.15) is 27.8 Å². The summed E-state index contributed by atoms with van der Waals surface area (Å²) >= 11 is 0. The molecular formula is C58H35F3N2O. The normalized spacial score (nSPS) is 13.6. The molecule has 1 aliphatic heterocycles. The molecule has 0 saturated carbocycles. The number of hydrogen-bond acceptors (Lipinski definition) is 3. The first-order valence-electron chi connectivity index (χ1n) is 21.4. The Labute approximate surface area is 366 Å². The van der Waals surface area contributed by atoms with Crippen LogP contribution in [-0.2, 0) is 11.6 Å². The lowest BCUT2D eigenvalue weighted by Crippen LogP contribution is -2.36. The van der Waals surface area contributed by atoms with Gasteiger partial charge in [0.25, 0.3) is 0 Å². The fraction of sp³-hybridized carbons (Fsp3) is 0.0345. The standard InChI is InChI=1S/C58H35F3N2O/c59-58(60,61)37-30-32-39(33-31-37)63(51-27-14-22-44-42-20-8-13-28-53(42)64-56(44)51)52-35-48-55(43-21-7-6-19-41(43)52)54-40-18-5-4-15-36(40)29-34-47(54)57(48)45-23-9-11-25-49(45)62(38-16-2-1-3-17-38)50-26-12-10-24-46(50)57/h1-35H. The molecule has 64 heavy (non-hydrogen) atoms. The molecule has 1 spiro atoms. The van der Waals surface area contributed by atoms with E-state index in [4.69, 9.17) is 4.42 Å². The second-order valence-corrected chi connectivity index (χ2v) is 16.7. The number of hydrogen-bond donors (Lipinski definition) is 0. The first-order valence-corrected chi connectivity index (χ1v) is 21.4. The summed E-state index contributed by atoms with van der Waals surface area (Å²) < 4.78 is 49.4. The summed E-state index contributed by atoms with van der Waals surface area (Å²) in [6.07, 6.45) is -4.50. The van der Waals surface area contributed by atoms with Crippen molar-refractivity contribution in [3.8, 4) is 11.1 Å². The van der Waals surface area contributed by atoms with Crippen LogP contribution in [0.3, 0.4) is 0 Å². The summed E-state index contributed by atoms with van der Waals surface area (Å²) in [6, 6.07) is 71.4. The minimum atomic E-state index is -4.50. The molecule has 0 amide bonds. The van der Waals surface area contributed by atoms with E-state index in [1.807, 2.05) is 54.6 Å². The van der Waals surface area contributed by atoms with E-state index in [0.29, 0.717) is 17.0 Å². The van der Waals surface area contributed by atoms with Crippen molar-refractivity contribution in [2.45, 2.75) is 11.6 Å². The maximum absolute atomic E-state index is 14.2. The number of halogens is 3. The highest BCUT2D eigenvalue weighted by molar-refractivity contribution is 6.18. The van der Waals surface area contributed by atoms with Crippen molar-refractivity contribution in [1.29, 1.82) is 0 Å². The van der Waals surface area contributed by atoms with Crippen molar-refractivity contribution >= 4 is 77.6 Å². The van der Waals surface area contributed by atoms with Gasteiger partial charge in [0.05, 0.1) is 33.7 Å². The van der Waals surface area contributed by atoms with Gasteiger partial charge in [-0.1, -0.05) is 146 Å². The van der Waals surface area contributed by atoms with E-state index >= 15 is 0 Å². The average molecular weight is 833 g/mol. The zero-order valence-electron chi connectivity index (χ0n) is 34.1. The van der Waals surface area contributed by atoms with E-state index < -0.39 is 17.2 Å². The Balaban J connectivity index is 1.20. The first kappa shape index (κ1) is 36.6. The number of para-hydroxylation sites is 5. The number of rotatable bonds is 4. The van der Waals surface area contributed by atoms with Crippen molar-refractivity contribution in [2.75, 3.05) is 9.80 Å². The average Bonchev–Trinajstić information content (AvgIpc) is 3.87. The van der Waals surface area contributed by atoms with Gasteiger partial charge in [-0.25, -0.2) is 0 Å². The van der Waals surface area contributed by atoms with Crippen LogP contribution in [0, 0.1) is 0 Å². The molecule has 304 valence electrons. The fourth-order valence-corrected chi connectivity index (χ4v) is 10.9. The maximum atomic E-state index is 14.2. The predicted octanol–water partition coefficient (Wildman–Crippen LogP) is 16.5. The third-order valence-electron chi connectivity index (χ3n) is 13.4. The molecule has 11 aromatic rings. The summed E-state index contributed by atoms with van der Waals surface area (Å²) in [5.74, 6) is 0. The Morgan fingerprint density at radius 1 is 0.438 bits per heavy atom. The number of furan rings is 1. The Morgan fingerprint density at radius 2 is 1.03 bits per heavy atom. The third-order valence-corrected chi connectivity index (χ3v) is 13.4. The lowest BCUT2D eigenvalue weighted by molar-refractivity contribution is -0.137. The van der Waals surface area contributed by atoms with Crippen LogP contribution in [0.15, 0.2) is 217 Å². The molecule has 13 rings (SSSR count). The fourth-order valence-electron chi connectivity index (χ4n) is 10.9. The molecule has 0 fully saturated rings. The second-order valence-electron chi connectivity index (χ2n) is 16.7. The highest BCUT2D eigenvalue weighted by Gasteiger charge is 2.53. The van der Waals surface area contributed by atoms with Crippen LogP contribution in [-0.4, -0.2) is 0 Å². The first-order chi connectivity index (χ1) is 31.4. The number of nitrogens with zero attached hydrogens (tertiary/aromatic N) is 2. The Bertz CT molecular complexity index is 3640. The SMILES string of the molecule is FC(F)(F)c1ccc(N(c2cc3c(c4ccccc24)-c2c(ccc4ccccc24)C32c3ccccc3N(c3ccccc3)c3ccccc32)c2cccc3c2oc2ccccc23)cc1. The molecular weight excluding hydrogens is 798 g/mol. The molecule has 2 aliphatic rings. The van der Waals surface area contributed by atoms with Gasteiger partial charge in [0.15, 0.2) is 5.58 Å². The molecule has 1 aliphatic carbocycles. The number of alkyl halides is 3. The molecule has 0 unspecified atom stereocenters. The largest absolute Gasteiger partial charge is 0.454 e. The zero-order chi connectivity index (χ0) is 42.7. The summed E-state index contributed by atoms with van der Waals surface area (Å²) in [5.41, 5.74) is 12.0. The van der Waals surface area contributed by atoms with Crippen molar-refractivity contribution in [3.05, 3.63) is 240 Å². The summed E-state index contributed by atoms with van der Waals surface area (Å²) in [7, 11) is 0. The molecule has 0 saturated heterocycles. The second kappa shape index (κ2) is 13.5. The summed E-state index contributed by atoms with van der Waals surface area (Å²) in [5, 5.41) is 6.17. The Morgan fingerprint density at radius 3 is 1.77 bits per heavy atom. The van der Waals surface area contributed by atoms with Crippen LogP contribution in [0.4, 0.5) is 47.3 Å². The molecule has 6 heteroatoms. The highest BCUT2D eigenvalue weighted by Crippen LogP contribution is 2.66. The van der Waals surface area contributed by atoms with Crippen LogP contribution in [0.25, 0.3) is 54.6 Å². The molecule has 2 heterocycles. The van der Waals surface area contributed by atoms with Crippen LogP contribution in [0.2, 0.25) is 0 Å². The van der Waals surface area contributed by atoms with Gasteiger partial charge in [-0.05, 0) is 116 Å². The maximum Gasteiger partial charge on any atom is 0.416 e. The lowest BCUT2D eigenvalue weighted by Gasteiger charge is -2.45. The molecule has 0 N–H and O–H groups in total. The van der Waals surface area contributed by atoms with Crippen molar-refractivity contribution in [1.82, 2.24) is 0 Å². The van der Waals surface area contributed by atoms with Gasteiger partial charge in [-0.15, -0.1) is 0 Å². The van der Waals surface area contributed by atoms with Gasteiger partial charge >= 0.3 is 6.18 Å². The molecule has 3 nitrogen and oxygen atoms in total. The molecule has 0 atom stereocenters. The van der Waals surface area contributed by atoms with Gasteiger partial charge in [0, 0.05) is 27.5 Å².